The molecule has 0 saturated heterocycles. The highest BCUT2D eigenvalue weighted by molar-refractivity contribution is 6.31. The monoisotopic (exact) mass is 305 g/mol. The number of hydrogen-bond donors (Lipinski definition) is 1. The van der Waals surface area contributed by atoms with E-state index in [9.17, 15) is 0 Å². The Morgan fingerprint density at radius 1 is 1.05 bits per heavy atom. The van der Waals surface area contributed by atoms with Crippen molar-refractivity contribution in [1.29, 1.82) is 0 Å². The molecule has 2 aromatic rings. The molecule has 0 aliphatic heterocycles. The Labute approximate surface area is 130 Å². The van der Waals surface area contributed by atoms with E-state index in [1.807, 2.05) is 42.5 Å². The standard InChI is InChI=1S/C17H20ClNO2/c1-20-9-8-13-3-6-16(7-4-13)21-12-15-5-2-14(11-19)10-17(15)18/h2-7,10H,8-9,11-12,19H2,1H3. The molecule has 3 nitrogen and oxygen atoms in total. The van der Waals surface area contributed by atoms with Gasteiger partial charge in [-0.3, -0.25) is 0 Å². The van der Waals surface area contributed by atoms with Crippen LogP contribution in [0.25, 0.3) is 0 Å². The molecule has 4 heteroatoms. The molecule has 112 valence electrons. The Morgan fingerprint density at radius 3 is 2.38 bits per heavy atom. The van der Waals surface area contributed by atoms with Crippen LogP contribution in [-0.2, 0) is 24.3 Å². The minimum Gasteiger partial charge on any atom is -0.489 e. The largest absolute Gasteiger partial charge is 0.489 e. The van der Waals surface area contributed by atoms with Crippen molar-refractivity contribution < 1.29 is 9.47 Å². The summed E-state index contributed by atoms with van der Waals surface area (Å²) in [7, 11) is 1.71. The topological polar surface area (TPSA) is 44.5 Å². The van der Waals surface area contributed by atoms with Gasteiger partial charge in [-0.2, -0.15) is 0 Å². The number of halogens is 1. The predicted octanol–water partition coefficient (Wildman–Crippen LogP) is 3.57. The van der Waals surface area contributed by atoms with E-state index in [0.29, 0.717) is 18.2 Å². The SMILES string of the molecule is COCCc1ccc(OCc2ccc(CN)cc2Cl)cc1. The lowest BCUT2D eigenvalue weighted by Crippen LogP contribution is -2.00. The maximum absolute atomic E-state index is 6.21. The van der Waals surface area contributed by atoms with Gasteiger partial charge in [0.2, 0.25) is 0 Å². The number of benzene rings is 2. The number of hydrogen-bond acceptors (Lipinski definition) is 3. The van der Waals surface area contributed by atoms with Crippen LogP contribution in [0.4, 0.5) is 0 Å². The fraction of sp³-hybridized carbons (Fsp3) is 0.294. The fourth-order valence-corrected chi connectivity index (χ4v) is 2.23. The molecule has 0 aromatic heterocycles. The molecule has 0 atom stereocenters. The molecule has 2 rings (SSSR count). The quantitative estimate of drug-likeness (QED) is 0.850. The van der Waals surface area contributed by atoms with Crippen LogP contribution in [0.1, 0.15) is 16.7 Å². The van der Waals surface area contributed by atoms with E-state index in [-0.39, 0.29) is 0 Å². The van der Waals surface area contributed by atoms with E-state index in [4.69, 9.17) is 26.8 Å². The Hall–Kier alpha value is -1.55. The highest BCUT2D eigenvalue weighted by Gasteiger charge is 2.03. The average Bonchev–Trinajstić information content (AvgIpc) is 2.52. The van der Waals surface area contributed by atoms with Crippen molar-refractivity contribution in [2.75, 3.05) is 13.7 Å². The molecule has 0 fully saturated rings. The van der Waals surface area contributed by atoms with Crippen LogP contribution in [0, 0.1) is 0 Å². The molecule has 2 N–H and O–H groups in total. The van der Waals surface area contributed by atoms with E-state index in [1.54, 1.807) is 7.11 Å². The summed E-state index contributed by atoms with van der Waals surface area (Å²) in [6, 6.07) is 13.8. The summed E-state index contributed by atoms with van der Waals surface area (Å²) in [5.74, 6) is 0.829. The summed E-state index contributed by atoms with van der Waals surface area (Å²) in [6.07, 6.45) is 0.906. The van der Waals surface area contributed by atoms with E-state index >= 15 is 0 Å². The molecule has 0 saturated carbocycles. The summed E-state index contributed by atoms with van der Waals surface area (Å²) < 4.78 is 10.8. The molecule has 0 unspecified atom stereocenters. The number of ether oxygens (including phenoxy) is 2. The predicted molar refractivity (Wildman–Crippen MR) is 85.7 cm³/mol. The second-order valence-electron chi connectivity index (χ2n) is 4.81. The number of nitrogens with two attached hydrogens (primary N) is 1. The van der Waals surface area contributed by atoms with Crippen LogP contribution < -0.4 is 10.5 Å². The summed E-state index contributed by atoms with van der Waals surface area (Å²) in [5, 5.41) is 0.690. The molecule has 0 spiro atoms. The average molecular weight is 306 g/mol. The first kappa shape index (κ1) is 15.8. The Kier molecular flexibility index (Phi) is 6.05. The van der Waals surface area contributed by atoms with Gasteiger partial charge in [0, 0.05) is 24.2 Å². The summed E-state index contributed by atoms with van der Waals surface area (Å²) >= 11 is 6.21. The zero-order chi connectivity index (χ0) is 15.1. The van der Waals surface area contributed by atoms with Crippen LogP contribution in [0.3, 0.4) is 0 Å². The molecule has 2 aromatic carbocycles. The second-order valence-corrected chi connectivity index (χ2v) is 5.21. The zero-order valence-corrected chi connectivity index (χ0v) is 12.9. The summed E-state index contributed by atoms with van der Waals surface area (Å²) in [5.41, 5.74) is 8.79. The van der Waals surface area contributed by atoms with Crippen molar-refractivity contribution in [3.8, 4) is 5.75 Å². The molecule has 0 bridgehead atoms. The van der Waals surface area contributed by atoms with Crippen molar-refractivity contribution in [1.82, 2.24) is 0 Å². The minimum absolute atomic E-state index is 0.446. The van der Waals surface area contributed by atoms with Gasteiger partial charge >= 0.3 is 0 Å². The summed E-state index contributed by atoms with van der Waals surface area (Å²) in [6.45, 7) is 1.66. The molecular formula is C17H20ClNO2. The second kappa shape index (κ2) is 8.03. The van der Waals surface area contributed by atoms with Crippen molar-refractivity contribution in [3.05, 3.63) is 64.2 Å². The van der Waals surface area contributed by atoms with Gasteiger partial charge in [-0.1, -0.05) is 35.9 Å². The maximum Gasteiger partial charge on any atom is 0.119 e. The van der Waals surface area contributed by atoms with Gasteiger partial charge in [-0.25, -0.2) is 0 Å². The first-order valence-corrected chi connectivity index (χ1v) is 7.28. The zero-order valence-electron chi connectivity index (χ0n) is 12.1. The van der Waals surface area contributed by atoms with Gasteiger partial charge in [-0.15, -0.1) is 0 Å². The van der Waals surface area contributed by atoms with Crippen molar-refractivity contribution in [3.63, 3.8) is 0 Å². The van der Waals surface area contributed by atoms with Crippen molar-refractivity contribution in [2.24, 2.45) is 5.73 Å². The van der Waals surface area contributed by atoms with Crippen molar-refractivity contribution in [2.45, 2.75) is 19.6 Å². The normalized spacial score (nSPS) is 10.6. The molecule has 0 heterocycles. The van der Waals surface area contributed by atoms with E-state index < -0.39 is 0 Å². The van der Waals surface area contributed by atoms with Crippen LogP contribution in [-0.4, -0.2) is 13.7 Å². The van der Waals surface area contributed by atoms with Gasteiger partial charge in [0.25, 0.3) is 0 Å². The third-order valence-electron chi connectivity index (χ3n) is 3.27. The first-order chi connectivity index (χ1) is 10.2. The molecule has 0 radical (unpaired) electrons. The lowest BCUT2D eigenvalue weighted by Gasteiger charge is -2.09. The number of rotatable bonds is 7. The minimum atomic E-state index is 0.446. The van der Waals surface area contributed by atoms with Crippen LogP contribution in [0.5, 0.6) is 5.75 Å². The van der Waals surface area contributed by atoms with Gasteiger partial charge in [0.05, 0.1) is 6.61 Å². The van der Waals surface area contributed by atoms with Crippen LogP contribution >= 0.6 is 11.6 Å². The van der Waals surface area contributed by atoms with Crippen LogP contribution in [0.15, 0.2) is 42.5 Å². The maximum atomic E-state index is 6.21. The number of methoxy groups -OCH3 is 1. The lowest BCUT2D eigenvalue weighted by atomic mass is 10.1. The molecular weight excluding hydrogens is 286 g/mol. The lowest BCUT2D eigenvalue weighted by molar-refractivity contribution is 0.202. The third kappa shape index (κ3) is 4.74. The Bertz CT molecular complexity index is 570. The summed E-state index contributed by atoms with van der Waals surface area (Å²) in [4.78, 5) is 0. The molecule has 0 aliphatic rings. The van der Waals surface area contributed by atoms with E-state index in [0.717, 1.165) is 29.9 Å². The van der Waals surface area contributed by atoms with E-state index in [2.05, 4.69) is 0 Å². The first-order valence-electron chi connectivity index (χ1n) is 6.91. The van der Waals surface area contributed by atoms with Gasteiger partial charge in [-0.05, 0) is 35.7 Å². The van der Waals surface area contributed by atoms with Gasteiger partial charge in [0.1, 0.15) is 12.4 Å². The highest BCUT2D eigenvalue weighted by atomic mass is 35.5. The van der Waals surface area contributed by atoms with Crippen LogP contribution in [0.2, 0.25) is 5.02 Å². The fourth-order valence-electron chi connectivity index (χ4n) is 1.97. The molecule has 21 heavy (non-hydrogen) atoms. The molecule has 0 amide bonds. The smallest absolute Gasteiger partial charge is 0.119 e. The van der Waals surface area contributed by atoms with Gasteiger partial charge in [0.15, 0.2) is 0 Å². The Morgan fingerprint density at radius 2 is 1.76 bits per heavy atom. The third-order valence-corrected chi connectivity index (χ3v) is 3.62. The molecule has 0 aliphatic carbocycles. The van der Waals surface area contributed by atoms with E-state index in [1.165, 1.54) is 5.56 Å². The highest BCUT2D eigenvalue weighted by Crippen LogP contribution is 2.20. The van der Waals surface area contributed by atoms with Gasteiger partial charge < -0.3 is 15.2 Å². The Balaban J connectivity index is 1.93. The van der Waals surface area contributed by atoms with Crippen molar-refractivity contribution >= 4 is 11.6 Å².